The first kappa shape index (κ1) is 17.5. The maximum Gasteiger partial charge on any atom is 0.193 e. The van der Waals surface area contributed by atoms with Gasteiger partial charge in [0.2, 0.25) is 0 Å². The molecule has 1 N–H and O–H groups in total. The van der Waals surface area contributed by atoms with Crippen LogP contribution in [0.5, 0.6) is 0 Å². The van der Waals surface area contributed by atoms with Gasteiger partial charge in [0, 0.05) is 39.2 Å². The summed E-state index contributed by atoms with van der Waals surface area (Å²) < 4.78 is 5.28. The second-order valence-corrected chi connectivity index (χ2v) is 6.55. The van der Waals surface area contributed by atoms with E-state index in [4.69, 9.17) is 9.73 Å². The van der Waals surface area contributed by atoms with Gasteiger partial charge >= 0.3 is 0 Å². The van der Waals surface area contributed by atoms with Crippen molar-refractivity contribution < 1.29 is 4.74 Å². The molecule has 2 saturated heterocycles. The fourth-order valence-corrected chi connectivity index (χ4v) is 3.46. The normalized spacial score (nSPS) is 23.5. The summed E-state index contributed by atoms with van der Waals surface area (Å²) >= 11 is 0. The van der Waals surface area contributed by atoms with Crippen LogP contribution in [-0.4, -0.2) is 75.3 Å². The molecule has 2 heterocycles. The molecule has 0 aliphatic carbocycles. The lowest BCUT2D eigenvalue weighted by molar-refractivity contribution is 0.157. The van der Waals surface area contributed by atoms with E-state index in [1.54, 1.807) is 7.11 Å². The zero-order chi connectivity index (χ0) is 15.6. The summed E-state index contributed by atoms with van der Waals surface area (Å²) in [6.07, 6.45) is 6.46. The minimum atomic E-state index is 0.657. The smallest absolute Gasteiger partial charge is 0.193 e. The van der Waals surface area contributed by atoms with Crippen molar-refractivity contribution in [1.82, 2.24) is 15.1 Å². The van der Waals surface area contributed by atoms with Crippen LogP contribution in [0.3, 0.4) is 0 Å². The molecule has 2 fully saturated rings. The third-order valence-electron chi connectivity index (χ3n) is 4.67. The van der Waals surface area contributed by atoms with Crippen molar-refractivity contribution in [3.63, 3.8) is 0 Å². The van der Waals surface area contributed by atoms with E-state index in [0.717, 1.165) is 38.7 Å². The number of nitrogens with one attached hydrogen (secondary N) is 1. The second kappa shape index (κ2) is 10.1. The van der Waals surface area contributed by atoms with Crippen molar-refractivity contribution in [2.75, 3.05) is 59.5 Å². The maximum atomic E-state index is 5.28. The zero-order valence-corrected chi connectivity index (χ0v) is 14.5. The molecular weight excluding hydrogens is 276 g/mol. The molecule has 2 aliphatic rings. The Balaban J connectivity index is 1.68. The molecule has 0 spiro atoms. The summed E-state index contributed by atoms with van der Waals surface area (Å²) in [6, 6.07) is 0. The van der Waals surface area contributed by atoms with Crippen molar-refractivity contribution in [1.29, 1.82) is 0 Å². The molecule has 0 saturated carbocycles. The fourth-order valence-electron chi connectivity index (χ4n) is 3.46. The number of hydrogen-bond acceptors (Lipinski definition) is 3. The average molecular weight is 310 g/mol. The molecule has 0 bridgehead atoms. The van der Waals surface area contributed by atoms with Gasteiger partial charge in [-0.25, -0.2) is 0 Å². The zero-order valence-electron chi connectivity index (χ0n) is 14.5. The largest absolute Gasteiger partial charge is 0.384 e. The number of methoxy groups -OCH3 is 1. The van der Waals surface area contributed by atoms with E-state index in [9.17, 15) is 0 Å². The molecule has 1 unspecified atom stereocenters. The van der Waals surface area contributed by atoms with Gasteiger partial charge in [0.05, 0.1) is 6.61 Å². The van der Waals surface area contributed by atoms with Crippen LogP contribution in [-0.2, 0) is 4.74 Å². The average Bonchev–Trinajstić information content (AvgIpc) is 3.18. The lowest BCUT2D eigenvalue weighted by atomic mass is 10.1. The molecule has 2 rings (SSSR count). The summed E-state index contributed by atoms with van der Waals surface area (Å²) in [5.41, 5.74) is 0. The van der Waals surface area contributed by atoms with Gasteiger partial charge in [-0.2, -0.15) is 0 Å². The second-order valence-electron chi connectivity index (χ2n) is 6.55. The van der Waals surface area contributed by atoms with Gasteiger partial charge in [-0.1, -0.05) is 0 Å². The first-order valence-corrected chi connectivity index (χ1v) is 9.08. The first-order chi connectivity index (χ1) is 10.8. The SMILES string of the molecule is CCNC(=NCCCCN1CCCC1)N1CCC(COC)C1. The highest BCUT2D eigenvalue weighted by atomic mass is 16.5. The highest BCUT2D eigenvalue weighted by Gasteiger charge is 2.24. The van der Waals surface area contributed by atoms with Crippen molar-refractivity contribution in [2.45, 2.75) is 39.0 Å². The van der Waals surface area contributed by atoms with Crippen LogP contribution in [0.15, 0.2) is 4.99 Å². The molecule has 0 aromatic carbocycles. The van der Waals surface area contributed by atoms with Gasteiger partial charge in [-0.15, -0.1) is 0 Å². The number of ether oxygens (including phenoxy) is 1. The number of hydrogen-bond donors (Lipinski definition) is 1. The van der Waals surface area contributed by atoms with Gasteiger partial charge in [-0.05, 0) is 58.7 Å². The van der Waals surface area contributed by atoms with Crippen molar-refractivity contribution in [3.8, 4) is 0 Å². The van der Waals surface area contributed by atoms with E-state index in [1.165, 1.54) is 51.7 Å². The van der Waals surface area contributed by atoms with Gasteiger partial charge in [0.1, 0.15) is 0 Å². The molecule has 5 nitrogen and oxygen atoms in total. The predicted octanol–water partition coefficient (Wildman–Crippen LogP) is 1.80. The molecule has 2 aliphatic heterocycles. The molecule has 0 aromatic rings. The lowest BCUT2D eigenvalue weighted by Gasteiger charge is -2.21. The quantitative estimate of drug-likeness (QED) is 0.422. The van der Waals surface area contributed by atoms with Crippen LogP contribution in [0, 0.1) is 5.92 Å². The third kappa shape index (κ3) is 5.76. The van der Waals surface area contributed by atoms with Crippen molar-refractivity contribution >= 4 is 5.96 Å². The third-order valence-corrected chi connectivity index (χ3v) is 4.67. The van der Waals surface area contributed by atoms with E-state index in [1.807, 2.05) is 0 Å². The molecule has 0 aromatic heterocycles. The molecule has 0 amide bonds. The topological polar surface area (TPSA) is 40.1 Å². The molecular formula is C17H34N4O. The predicted molar refractivity (Wildman–Crippen MR) is 92.4 cm³/mol. The van der Waals surface area contributed by atoms with Crippen LogP contribution in [0.25, 0.3) is 0 Å². The van der Waals surface area contributed by atoms with E-state index < -0.39 is 0 Å². The Bertz CT molecular complexity index is 329. The van der Waals surface area contributed by atoms with Crippen LogP contribution < -0.4 is 5.32 Å². The number of likely N-dealkylation sites (tertiary alicyclic amines) is 2. The van der Waals surface area contributed by atoms with E-state index in [2.05, 4.69) is 22.0 Å². The van der Waals surface area contributed by atoms with Crippen LogP contribution in [0.4, 0.5) is 0 Å². The number of unbranched alkanes of at least 4 members (excludes halogenated alkanes) is 1. The van der Waals surface area contributed by atoms with E-state index in [0.29, 0.717) is 5.92 Å². The Morgan fingerprint density at radius 2 is 2.05 bits per heavy atom. The molecule has 1 atom stereocenters. The number of rotatable bonds is 8. The van der Waals surface area contributed by atoms with Gasteiger partial charge in [0.15, 0.2) is 5.96 Å². The van der Waals surface area contributed by atoms with Gasteiger partial charge in [0.25, 0.3) is 0 Å². The number of aliphatic imine (C=N–C) groups is 1. The first-order valence-electron chi connectivity index (χ1n) is 9.08. The summed E-state index contributed by atoms with van der Waals surface area (Å²) in [7, 11) is 1.79. The Morgan fingerprint density at radius 3 is 2.77 bits per heavy atom. The van der Waals surface area contributed by atoms with Crippen LogP contribution in [0.2, 0.25) is 0 Å². The minimum Gasteiger partial charge on any atom is -0.384 e. The Kier molecular flexibility index (Phi) is 8.02. The fraction of sp³-hybridized carbons (Fsp3) is 0.941. The minimum absolute atomic E-state index is 0.657. The number of nitrogens with zero attached hydrogens (tertiary/aromatic N) is 3. The molecule has 128 valence electrons. The van der Waals surface area contributed by atoms with Crippen LogP contribution >= 0.6 is 0 Å². The van der Waals surface area contributed by atoms with Crippen molar-refractivity contribution in [2.24, 2.45) is 10.9 Å². The molecule has 0 radical (unpaired) electrons. The van der Waals surface area contributed by atoms with Crippen molar-refractivity contribution in [3.05, 3.63) is 0 Å². The Hall–Kier alpha value is -0.810. The Morgan fingerprint density at radius 1 is 1.23 bits per heavy atom. The van der Waals surface area contributed by atoms with E-state index >= 15 is 0 Å². The van der Waals surface area contributed by atoms with Crippen LogP contribution in [0.1, 0.15) is 39.0 Å². The summed E-state index contributed by atoms with van der Waals surface area (Å²) in [5.74, 6) is 1.76. The van der Waals surface area contributed by atoms with Gasteiger partial charge < -0.3 is 19.9 Å². The molecule has 5 heteroatoms. The summed E-state index contributed by atoms with van der Waals surface area (Å²) in [5, 5.41) is 3.44. The van der Waals surface area contributed by atoms with Gasteiger partial charge in [-0.3, -0.25) is 4.99 Å². The highest BCUT2D eigenvalue weighted by molar-refractivity contribution is 5.80. The monoisotopic (exact) mass is 310 g/mol. The standard InChI is InChI=1S/C17H34N4O/c1-3-18-17(21-13-8-16(14-21)15-22-2)19-9-4-5-10-20-11-6-7-12-20/h16H,3-15H2,1-2H3,(H,18,19). The molecule has 22 heavy (non-hydrogen) atoms. The van der Waals surface area contributed by atoms with E-state index in [-0.39, 0.29) is 0 Å². The Labute approximate surface area is 136 Å². The summed E-state index contributed by atoms with van der Waals surface area (Å²) in [4.78, 5) is 9.81. The summed E-state index contributed by atoms with van der Waals surface area (Å²) in [6.45, 7) is 10.9. The lowest BCUT2D eigenvalue weighted by Crippen LogP contribution is -2.40. The highest BCUT2D eigenvalue weighted by Crippen LogP contribution is 2.16. The maximum absolute atomic E-state index is 5.28. The number of guanidine groups is 1.